The Morgan fingerprint density at radius 2 is 1.62 bits per heavy atom. The van der Waals surface area contributed by atoms with Crippen LogP contribution in [0.3, 0.4) is 0 Å². The fraction of sp³-hybridized carbons (Fsp3) is 0.391. The fourth-order valence-electron chi connectivity index (χ4n) is 3.92. The van der Waals surface area contributed by atoms with E-state index < -0.39 is 0 Å². The molecular formula is C23H28N2O3S. The molecule has 1 aliphatic heterocycles. The Bertz CT molecular complexity index is 920. The van der Waals surface area contributed by atoms with Gasteiger partial charge >= 0.3 is 12.0 Å². The summed E-state index contributed by atoms with van der Waals surface area (Å²) in [5.41, 5.74) is 3.12. The van der Waals surface area contributed by atoms with Crippen molar-refractivity contribution < 1.29 is 14.3 Å². The van der Waals surface area contributed by atoms with E-state index in [0.717, 1.165) is 12.1 Å². The molecular weight excluding hydrogens is 384 g/mol. The van der Waals surface area contributed by atoms with E-state index in [1.807, 2.05) is 17.8 Å². The molecule has 0 saturated carbocycles. The zero-order valence-corrected chi connectivity index (χ0v) is 18.4. The number of thioether (sulfide) groups is 1. The van der Waals surface area contributed by atoms with Crippen LogP contribution in [0, 0.1) is 0 Å². The van der Waals surface area contributed by atoms with E-state index in [1.54, 1.807) is 31.2 Å². The molecule has 2 amide bonds. The molecule has 0 aromatic heterocycles. The van der Waals surface area contributed by atoms with Crippen molar-refractivity contribution in [3.63, 3.8) is 0 Å². The number of carbonyl (C=O) groups is 2. The first-order chi connectivity index (χ1) is 13.6. The molecule has 0 unspecified atom stereocenters. The summed E-state index contributed by atoms with van der Waals surface area (Å²) in [5, 5.41) is 5.70. The number of fused-ring (bicyclic) bond motifs is 1. The van der Waals surface area contributed by atoms with Crippen molar-refractivity contribution in [2.75, 3.05) is 17.2 Å². The molecule has 2 aromatic carbocycles. The molecule has 0 fully saturated rings. The highest BCUT2D eigenvalue weighted by molar-refractivity contribution is 8.00. The number of esters is 1. The minimum atomic E-state index is -0.374. The van der Waals surface area contributed by atoms with Crippen molar-refractivity contribution in [2.24, 2.45) is 0 Å². The first-order valence-electron chi connectivity index (χ1n) is 9.78. The molecule has 1 heterocycles. The van der Waals surface area contributed by atoms with Crippen LogP contribution in [0.1, 0.15) is 57.0 Å². The number of ether oxygens (including phenoxy) is 1. The molecule has 0 bridgehead atoms. The number of urea groups is 1. The Hall–Kier alpha value is -2.47. The van der Waals surface area contributed by atoms with E-state index in [1.165, 1.54) is 10.5 Å². The SMILES string of the molecule is CCOC(=O)c1ccc(NC(=O)Nc2ccc3c(c2)C(C)(C)CC(C)(C)S3)cc1. The molecule has 2 N–H and O–H groups in total. The van der Waals surface area contributed by atoms with Crippen LogP contribution in [-0.2, 0) is 10.2 Å². The molecule has 5 nitrogen and oxygen atoms in total. The zero-order chi connectivity index (χ0) is 21.2. The second kappa shape index (κ2) is 8.11. The molecule has 1 aliphatic rings. The van der Waals surface area contributed by atoms with Gasteiger partial charge in [-0.25, -0.2) is 9.59 Å². The molecule has 2 aromatic rings. The van der Waals surface area contributed by atoms with Gasteiger partial charge in [-0.2, -0.15) is 0 Å². The molecule has 0 atom stereocenters. The first kappa shape index (κ1) is 21.2. The van der Waals surface area contributed by atoms with E-state index in [2.05, 4.69) is 50.5 Å². The lowest BCUT2D eigenvalue weighted by molar-refractivity contribution is 0.0526. The quantitative estimate of drug-likeness (QED) is 0.599. The van der Waals surface area contributed by atoms with Crippen molar-refractivity contribution in [1.29, 1.82) is 0 Å². The summed E-state index contributed by atoms with van der Waals surface area (Å²) in [5.74, 6) is -0.374. The van der Waals surface area contributed by atoms with E-state index >= 15 is 0 Å². The fourth-order valence-corrected chi connectivity index (χ4v) is 5.53. The Kier molecular flexibility index (Phi) is 5.94. The second-order valence-electron chi connectivity index (χ2n) is 8.51. The molecule has 6 heteroatoms. The van der Waals surface area contributed by atoms with Crippen LogP contribution in [0.15, 0.2) is 47.4 Å². The van der Waals surface area contributed by atoms with E-state index in [0.29, 0.717) is 17.9 Å². The maximum absolute atomic E-state index is 12.4. The summed E-state index contributed by atoms with van der Waals surface area (Å²) in [4.78, 5) is 25.4. The first-order valence-corrected chi connectivity index (χ1v) is 10.6. The van der Waals surface area contributed by atoms with Gasteiger partial charge in [-0.3, -0.25) is 0 Å². The van der Waals surface area contributed by atoms with Gasteiger partial charge < -0.3 is 15.4 Å². The van der Waals surface area contributed by atoms with Gasteiger partial charge in [0.15, 0.2) is 0 Å². The van der Waals surface area contributed by atoms with Crippen LogP contribution in [-0.4, -0.2) is 23.4 Å². The summed E-state index contributed by atoms with van der Waals surface area (Å²) in [6.07, 6.45) is 1.07. The third-order valence-corrected chi connectivity index (χ3v) is 6.15. The lowest BCUT2D eigenvalue weighted by atomic mass is 9.77. The third-order valence-electron chi connectivity index (χ3n) is 4.87. The molecule has 29 heavy (non-hydrogen) atoms. The average Bonchev–Trinajstić information content (AvgIpc) is 2.61. The summed E-state index contributed by atoms with van der Waals surface area (Å²) in [6, 6.07) is 12.4. The minimum absolute atomic E-state index is 0.0428. The minimum Gasteiger partial charge on any atom is -0.462 e. The number of benzene rings is 2. The predicted molar refractivity (Wildman–Crippen MR) is 119 cm³/mol. The maximum atomic E-state index is 12.4. The van der Waals surface area contributed by atoms with Crippen molar-refractivity contribution in [3.8, 4) is 0 Å². The smallest absolute Gasteiger partial charge is 0.338 e. The van der Waals surface area contributed by atoms with Gasteiger partial charge in [-0.1, -0.05) is 27.7 Å². The number of carbonyl (C=O) groups excluding carboxylic acids is 2. The summed E-state index contributed by atoms with van der Waals surface area (Å²) in [7, 11) is 0. The number of hydrogen-bond acceptors (Lipinski definition) is 4. The normalized spacial score (nSPS) is 16.4. The highest BCUT2D eigenvalue weighted by atomic mass is 32.2. The molecule has 154 valence electrons. The average molecular weight is 413 g/mol. The van der Waals surface area contributed by atoms with Crippen molar-refractivity contribution in [2.45, 2.75) is 56.1 Å². The lowest BCUT2D eigenvalue weighted by Crippen LogP contribution is -2.33. The van der Waals surface area contributed by atoms with Gasteiger partial charge in [0, 0.05) is 21.0 Å². The van der Waals surface area contributed by atoms with Gasteiger partial charge in [-0.05, 0) is 66.8 Å². The number of amides is 2. The van der Waals surface area contributed by atoms with Gasteiger partial charge in [0.25, 0.3) is 0 Å². The molecule has 3 rings (SSSR count). The molecule has 0 spiro atoms. The predicted octanol–water partition coefficient (Wildman–Crippen LogP) is 6.06. The van der Waals surface area contributed by atoms with E-state index in [9.17, 15) is 9.59 Å². The number of nitrogens with one attached hydrogen (secondary N) is 2. The molecule has 0 saturated heterocycles. The Morgan fingerprint density at radius 1 is 1.00 bits per heavy atom. The second-order valence-corrected chi connectivity index (χ2v) is 10.3. The van der Waals surface area contributed by atoms with Crippen LogP contribution in [0.4, 0.5) is 16.2 Å². The van der Waals surface area contributed by atoms with Crippen LogP contribution in [0.5, 0.6) is 0 Å². The van der Waals surface area contributed by atoms with Crippen molar-refractivity contribution >= 4 is 35.1 Å². The topological polar surface area (TPSA) is 67.4 Å². The van der Waals surface area contributed by atoms with Crippen molar-refractivity contribution in [1.82, 2.24) is 0 Å². The lowest BCUT2D eigenvalue weighted by Gasteiger charge is -2.41. The van der Waals surface area contributed by atoms with Crippen LogP contribution < -0.4 is 10.6 Å². The van der Waals surface area contributed by atoms with Crippen LogP contribution in [0.25, 0.3) is 0 Å². The summed E-state index contributed by atoms with van der Waals surface area (Å²) < 4.78 is 5.16. The van der Waals surface area contributed by atoms with E-state index in [4.69, 9.17) is 4.74 Å². The van der Waals surface area contributed by atoms with Gasteiger partial charge in [0.05, 0.1) is 12.2 Å². The van der Waals surface area contributed by atoms with Crippen LogP contribution in [0.2, 0.25) is 0 Å². The molecule has 0 radical (unpaired) electrons. The number of rotatable bonds is 4. The Balaban J connectivity index is 1.68. The standard InChI is InChI=1S/C23H28N2O3S/c1-6-28-20(26)15-7-9-16(10-8-15)24-21(27)25-17-11-12-19-18(13-17)22(2,3)14-23(4,5)29-19/h7-13H,6,14H2,1-5H3,(H2,24,25,27). The zero-order valence-electron chi connectivity index (χ0n) is 17.6. The van der Waals surface area contributed by atoms with Gasteiger partial charge in [0.2, 0.25) is 0 Å². The Labute approximate surface area is 176 Å². The largest absolute Gasteiger partial charge is 0.462 e. The third kappa shape index (κ3) is 5.12. The summed E-state index contributed by atoms with van der Waals surface area (Å²) >= 11 is 1.89. The van der Waals surface area contributed by atoms with Crippen molar-refractivity contribution in [3.05, 3.63) is 53.6 Å². The molecule has 0 aliphatic carbocycles. The summed E-state index contributed by atoms with van der Waals surface area (Å²) in [6.45, 7) is 11.1. The number of anilines is 2. The Morgan fingerprint density at radius 3 is 2.28 bits per heavy atom. The monoisotopic (exact) mass is 412 g/mol. The van der Waals surface area contributed by atoms with Gasteiger partial charge in [-0.15, -0.1) is 11.8 Å². The maximum Gasteiger partial charge on any atom is 0.338 e. The van der Waals surface area contributed by atoms with Crippen LogP contribution >= 0.6 is 11.8 Å². The highest BCUT2D eigenvalue weighted by Gasteiger charge is 2.38. The highest BCUT2D eigenvalue weighted by Crippen LogP contribution is 2.51. The van der Waals surface area contributed by atoms with Gasteiger partial charge in [0.1, 0.15) is 0 Å². The number of hydrogen-bond donors (Lipinski definition) is 2. The van der Waals surface area contributed by atoms with E-state index in [-0.39, 0.29) is 22.2 Å².